The van der Waals surface area contributed by atoms with Gasteiger partial charge < -0.3 is 10.1 Å². The highest BCUT2D eigenvalue weighted by molar-refractivity contribution is 7.97. The third-order valence-electron chi connectivity index (χ3n) is 7.15. The standard InChI is InChI=1S/C26H31F2N5O2S/c1-16-6-8-20(9-7-16)36-32-12-10-19(11-13-32)30-26-29-15-18-14-22(35-25(27)28)24(34)33(23(18)31-26)21-5-3-4-17(21)2/h6-9,14-15,17,19,21,25H,3-5,10-13H2,1-2H3,(H,29,30,31). The smallest absolute Gasteiger partial charge is 0.387 e. The van der Waals surface area contributed by atoms with Gasteiger partial charge in [0.25, 0.3) is 5.56 Å². The van der Waals surface area contributed by atoms with Crippen molar-refractivity contribution in [2.45, 2.75) is 69.5 Å². The highest BCUT2D eigenvalue weighted by atomic mass is 32.2. The molecule has 1 N–H and O–H groups in total. The van der Waals surface area contributed by atoms with Gasteiger partial charge in [0.15, 0.2) is 5.75 Å². The van der Waals surface area contributed by atoms with Crippen LogP contribution in [0.1, 0.15) is 50.6 Å². The highest BCUT2D eigenvalue weighted by Gasteiger charge is 2.29. The molecule has 0 amide bonds. The van der Waals surface area contributed by atoms with E-state index >= 15 is 0 Å². The largest absolute Gasteiger partial charge is 0.429 e. The molecule has 1 aliphatic carbocycles. The number of hydrogen-bond donors (Lipinski definition) is 1. The van der Waals surface area contributed by atoms with Gasteiger partial charge in [0.2, 0.25) is 5.95 Å². The number of rotatable bonds is 7. The molecule has 5 rings (SSSR count). The zero-order chi connectivity index (χ0) is 25.2. The molecule has 36 heavy (non-hydrogen) atoms. The summed E-state index contributed by atoms with van der Waals surface area (Å²) in [6.45, 7) is 2.97. The first-order valence-corrected chi connectivity index (χ1v) is 13.3. The number of piperidine rings is 1. The maximum atomic E-state index is 13.2. The Hall–Kier alpha value is -2.72. The number of fused-ring (bicyclic) bond motifs is 1. The Kier molecular flexibility index (Phi) is 7.43. The third kappa shape index (κ3) is 5.49. The summed E-state index contributed by atoms with van der Waals surface area (Å²) in [6.07, 6.45) is 6.23. The van der Waals surface area contributed by atoms with E-state index in [4.69, 9.17) is 4.98 Å². The average Bonchev–Trinajstić information content (AvgIpc) is 3.27. The molecular formula is C26H31F2N5O2S. The Morgan fingerprint density at radius 1 is 1.14 bits per heavy atom. The van der Waals surface area contributed by atoms with Gasteiger partial charge in [-0.1, -0.05) is 31.0 Å². The van der Waals surface area contributed by atoms with E-state index in [0.29, 0.717) is 17.0 Å². The van der Waals surface area contributed by atoms with E-state index < -0.39 is 12.2 Å². The number of alkyl halides is 2. The van der Waals surface area contributed by atoms with Gasteiger partial charge >= 0.3 is 6.61 Å². The molecule has 0 radical (unpaired) electrons. The van der Waals surface area contributed by atoms with Crippen LogP contribution in [0.15, 0.2) is 46.2 Å². The molecule has 1 saturated heterocycles. The predicted octanol–water partition coefficient (Wildman–Crippen LogP) is 5.65. The molecule has 2 fully saturated rings. The molecule has 2 aromatic heterocycles. The number of nitrogens with one attached hydrogen (secondary N) is 1. The molecule has 2 atom stereocenters. The van der Waals surface area contributed by atoms with Crippen LogP contribution in [0.25, 0.3) is 11.0 Å². The molecule has 1 aromatic carbocycles. The number of anilines is 1. The highest BCUT2D eigenvalue weighted by Crippen LogP contribution is 2.36. The van der Waals surface area contributed by atoms with Crippen molar-refractivity contribution in [3.63, 3.8) is 0 Å². The molecule has 3 aromatic rings. The minimum Gasteiger partial charge on any atom is -0.429 e. The lowest BCUT2D eigenvalue weighted by atomic mass is 10.1. The third-order valence-corrected chi connectivity index (χ3v) is 8.25. The lowest BCUT2D eigenvalue weighted by Gasteiger charge is -2.31. The lowest BCUT2D eigenvalue weighted by molar-refractivity contribution is -0.0510. The zero-order valence-electron chi connectivity index (χ0n) is 20.5. The van der Waals surface area contributed by atoms with Gasteiger partial charge in [-0.15, -0.1) is 0 Å². The van der Waals surface area contributed by atoms with Crippen LogP contribution in [0.3, 0.4) is 0 Å². The molecule has 0 spiro atoms. The summed E-state index contributed by atoms with van der Waals surface area (Å²) >= 11 is 1.78. The monoisotopic (exact) mass is 515 g/mol. The second kappa shape index (κ2) is 10.7. The molecular weight excluding hydrogens is 484 g/mol. The van der Waals surface area contributed by atoms with Gasteiger partial charge in [0.05, 0.1) is 0 Å². The van der Waals surface area contributed by atoms with Crippen molar-refractivity contribution in [1.29, 1.82) is 0 Å². The van der Waals surface area contributed by atoms with Gasteiger partial charge in [-0.25, -0.2) is 9.29 Å². The first kappa shape index (κ1) is 25.0. The van der Waals surface area contributed by atoms with E-state index in [-0.39, 0.29) is 23.8 Å². The van der Waals surface area contributed by atoms with E-state index in [1.165, 1.54) is 16.5 Å². The summed E-state index contributed by atoms with van der Waals surface area (Å²) in [5.74, 6) is 0.335. The van der Waals surface area contributed by atoms with Crippen molar-refractivity contribution >= 4 is 28.9 Å². The Morgan fingerprint density at radius 3 is 2.56 bits per heavy atom. The Labute approximate surface area is 213 Å². The minimum absolute atomic E-state index is 0.106. The molecule has 2 aliphatic rings. The number of aryl methyl sites for hydroxylation is 1. The van der Waals surface area contributed by atoms with Crippen molar-refractivity contribution in [3.8, 4) is 5.75 Å². The summed E-state index contributed by atoms with van der Waals surface area (Å²) in [6, 6.07) is 9.98. The van der Waals surface area contributed by atoms with Crippen LogP contribution < -0.4 is 15.6 Å². The second-order valence-corrected chi connectivity index (χ2v) is 10.9. The van der Waals surface area contributed by atoms with E-state index in [2.05, 4.69) is 57.5 Å². The molecule has 1 aliphatic heterocycles. The maximum Gasteiger partial charge on any atom is 0.387 e. The number of ether oxygens (including phenoxy) is 1. The topological polar surface area (TPSA) is 72.3 Å². The molecule has 2 unspecified atom stereocenters. The van der Waals surface area contributed by atoms with Crippen LogP contribution in [0, 0.1) is 12.8 Å². The Bertz CT molecular complexity index is 1260. The van der Waals surface area contributed by atoms with Crippen molar-refractivity contribution in [2.75, 3.05) is 18.4 Å². The fourth-order valence-corrected chi connectivity index (χ4v) is 6.13. The van der Waals surface area contributed by atoms with E-state index in [1.54, 1.807) is 22.7 Å². The quantitative estimate of drug-likeness (QED) is 0.408. The van der Waals surface area contributed by atoms with E-state index in [9.17, 15) is 13.6 Å². The summed E-state index contributed by atoms with van der Waals surface area (Å²) < 4.78 is 34.4. The van der Waals surface area contributed by atoms with Crippen molar-refractivity contribution in [1.82, 2.24) is 18.8 Å². The fraction of sp³-hybridized carbons (Fsp3) is 0.500. The van der Waals surface area contributed by atoms with Gasteiger partial charge in [-0.05, 0) is 68.7 Å². The molecule has 3 heterocycles. The fourth-order valence-electron chi connectivity index (χ4n) is 5.18. The predicted molar refractivity (Wildman–Crippen MR) is 138 cm³/mol. The number of nitrogens with zero attached hydrogens (tertiary/aromatic N) is 4. The van der Waals surface area contributed by atoms with Crippen LogP contribution in [0.2, 0.25) is 0 Å². The van der Waals surface area contributed by atoms with Crippen LogP contribution in [-0.2, 0) is 0 Å². The molecule has 7 nitrogen and oxygen atoms in total. The van der Waals surface area contributed by atoms with Gasteiger partial charge in [-0.2, -0.15) is 13.8 Å². The minimum atomic E-state index is -3.07. The van der Waals surface area contributed by atoms with Crippen LogP contribution in [0.5, 0.6) is 5.75 Å². The number of pyridine rings is 1. The van der Waals surface area contributed by atoms with Crippen LogP contribution in [0.4, 0.5) is 14.7 Å². The molecule has 192 valence electrons. The Balaban J connectivity index is 1.33. The number of aromatic nitrogens is 3. The van der Waals surface area contributed by atoms with E-state index in [0.717, 1.165) is 45.2 Å². The maximum absolute atomic E-state index is 13.2. The van der Waals surface area contributed by atoms with Crippen molar-refractivity contribution in [3.05, 3.63) is 52.4 Å². The van der Waals surface area contributed by atoms with Crippen molar-refractivity contribution < 1.29 is 13.5 Å². The normalized spacial score (nSPS) is 21.4. The number of halogens is 2. The van der Waals surface area contributed by atoms with Crippen LogP contribution in [-0.4, -0.2) is 44.6 Å². The Morgan fingerprint density at radius 2 is 1.89 bits per heavy atom. The second-order valence-electron chi connectivity index (χ2n) is 9.76. The summed E-state index contributed by atoms with van der Waals surface area (Å²) in [5.41, 5.74) is 1.15. The molecule has 1 saturated carbocycles. The molecule has 10 heteroatoms. The SMILES string of the molecule is Cc1ccc(SN2CCC(Nc3ncc4cc(OC(F)F)c(=O)n(C5CCCC5C)c4n3)CC2)cc1. The molecule has 0 bridgehead atoms. The van der Waals surface area contributed by atoms with E-state index in [1.807, 2.05) is 0 Å². The van der Waals surface area contributed by atoms with Crippen molar-refractivity contribution in [2.24, 2.45) is 5.92 Å². The average molecular weight is 516 g/mol. The van der Waals surface area contributed by atoms with Crippen LogP contribution >= 0.6 is 11.9 Å². The van der Waals surface area contributed by atoms with Gasteiger partial charge in [0.1, 0.15) is 5.65 Å². The zero-order valence-corrected chi connectivity index (χ0v) is 21.3. The first-order chi connectivity index (χ1) is 17.4. The summed E-state index contributed by atoms with van der Waals surface area (Å²) in [7, 11) is 0. The number of hydrogen-bond acceptors (Lipinski definition) is 7. The summed E-state index contributed by atoms with van der Waals surface area (Å²) in [4.78, 5) is 23.5. The summed E-state index contributed by atoms with van der Waals surface area (Å²) in [5, 5.41) is 3.95. The number of benzene rings is 1. The van der Waals surface area contributed by atoms with Gasteiger partial charge in [0, 0.05) is 41.7 Å². The van der Waals surface area contributed by atoms with Gasteiger partial charge in [-0.3, -0.25) is 9.36 Å². The lowest BCUT2D eigenvalue weighted by Crippen LogP contribution is -2.36. The first-order valence-electron chi connectivity index (χ1n) is 12.5.